The zero-order valence-electron chi connectivity index (χ0n) is 23.4. The Morgan fingerprint density at radius 3 is 2.33 bits per heavy atom. The average Bonchev–Trinajstić information content (AvgIpc) is 3.50. The number of carboxylic acids is 1. The molecule has 4 aromatic rings. The maximum Gasteiger partial charge on any atom is 0.307 e. The van der Waals surface area contributed by atoms with Crippen molar-refractivity contribution in [2.75, 3.05) is 17.2 Å². The Balaban J connectivity index is 1.26. The van der Waals surface area contributed by atoms with Gasteiger partial charge in [0.2, 0.25) is 11.8 Å². The van der Waals surface area contributed by atoms with Crippen LogP contribution in [0.25, 0.3) is 11.3 Å². The lowest BCUT2D eigenvalue weighted by atomic mass is 9.82. The van der Waals surface area contributed by atoms with Crippen molar-refractivity contribution in [2.45, 2.75) is 29.9 Å². The summed E-state index contributed by atoms with van der Waals surface area (Å²) in [6, 6.07) is 24.4. The molecule has 0 saturated heterocycles. The number of aliphatic carboxylic acids is 1. The standard InChI is InChI=1S/C33H31N3O5S2/c1-2-41-24-16-12-21(13-17-24)28-20-42-33(35-28)36-31(38)29(22-8-4-3-5-9-22)43-25-18-14-23(15-19-25)34-30(37)26-10-6-7-11-27(26)32(39)40/h3-9,12-20,26-27,29H,2,10-11H2,1H3,(H,34,37)(H,39,40)(H,35,36,38). The maximum absolute atomic E-state index is 13.6. The zero-order valence-corrected chi connectivity index (χ0v) is 25.1. The van der Waals surface area contributed by atoms with Crippen molar-refractivity contribution >= 4 is 51.7 Å². The third kappa shape index (κ3) is 7.71. The fraction of sp³-hybridized carbons (Fsp3) is 0.212. The van der Waals surface area contributed by atoms with Gasteiger partial charge in [-0.2, -0.15) is 0 Å². The number of amides is 2. The van der Waals surface area contributed by atoms with E-state index in [9.17, 15) is 19.5 Å². The van der Waals surface area contributed by atoms with E-state index in [4.69, 9.17) is 4.74 Å². The van der Waals surface area contributed by atoms with Crippen LogP contribution in [0.4, 0.5) is 10.8 Å². The Kier molecular flexibility index (Phi) is 9.91. The number of nitrogens with zero attached hydrogens (tertiary/aromatic N) is 1. The Hall–Kier alpha value is -4.41. The van der Waals surface area contributed by atoms with Gasteiger partial charge in [0.05, 0.1) is 24.1 Å². The molecule has 3 N–H and O–H groups in total. The van der Waals surface area contributed by atoms with Crippen molar-refractivity contribution in [3.63, 3.8) is 0 Å². The van der Waals surface area contributed by atoms with Gasteiger partial charge in [-0.15, -0.1) is 23.1 Å². The summed E-state index contributed by atoms with van der Waals surface area (Å²) in [4.78, 5) is 43.5. The first-order valence-corrected chi connectivity index (χ1v) is 15.7. The van der Waals surface area contributed by atoms with Gasteiger partial charge in [0, 0.05) is 21.5 Å². The highest BCUT2D eigenvalue weighted by Crippen LogP contribution is 2.37. The summed E-state index contributed by atoms with van der Waals surface area (Å²) in [7, 11) is 0. The van der Waals surface area contributed by atoms with Gasteiger partial charge >= 0.3 is 5.97 Å². The number of allylic oxidation sites excluding steroid dienone is 2. The lowest BCUT2D eigenvalue weighted by Crippen LogP contribution is -2.34. The highest BCUT2D eigenvalue weighted by Gasteiger charge is 2.34. The van der Waals surface area contributed by atoms with E-state index in [-0.39, 0.29) is 11.8 Å². The van der Waals surface area contributed by atoms with Crippen molar-refractivity contribution in [2.24, 2.45) is 11.8 Å². The summed E-state index contributed by atoms with van der Waals surface area (Å²) in [5, 5.41) is 17.2. The van der Waals surface area contributed by atoms with Gasteiger partial charge in [0.25, 0.3) is 0 Å². The van der Waals surface area contributed by atoms with E-state index < -0.39 is 23.1 Å². The van der Waals surface area contributed by atoms with Crippen LogP contribution < -0.4 is 15.4 Å². The van der Waals surface area contributed by atoms with Gasteiger partial charge in [-0.3, -0.25) is 14.4 Å². The first-order valence-electron chi connectivity index (χ1n) is 13.9. The molecule has 5 rings (SSSR count). The minimum atomic E-state index is -0.966. The normalized spacial score (nSPS) is 16.7. The van der Waals surface area contributed by atoms with Crippen LogP contribution in [0.15, 0.2) is 101 Å². The van der Waals surface area contributed by atoms with Crippen LogP contribution in [0.5, 0.6) is 5.75 Å². The number of thioether (sulfide) groups is 1. The molecule has 3 unspecified atom stereocenters. The number of nitrogens with one attached hydrogen (secondary N) is 2. The molecule has 0 radical (unpaired) electrons. The van der Waals surface area contributed by atoms with Crippen LogP contribution in [-0.2, 0) is 14.4 Å². The number of aromatic nitrogens is 1. The number of ether oxygens (including phenoxy) is 1. The quantitative estimate of drug-likeness (QED) is 0.120. The summed E-state index contributed by atoms with van der Waals surface area (Å²) in [5.41, 5.74) is 3.11. The van der Waals surface area contributed by atoms with Gasteiger partial charge in [-0.1, -0.05) is 42.5 Å². The van der Waals surface area contributed by atoms with Gasteiger partial charge < -0.3 is 20.5 Å². The SMILES string of the molecule is CCOc1ccc(-c2csc(NC(=O)C(Sc3ccc(NC(=O)C4CC=CCC4C(=O)O)cc3)c3ccccc3)n2)cc1. The smallest absolute Gasteiger partial charge is 0.307 e. The molecular formula is C33H31N3O5S2. The highest BCUT2D eigenvalue weighted by molar-refractivity contribution is 8.00. The van der Waals surface area contributed by atoms with Crippen LogP contribution in [0.1, 0.15) is 30.6 Å². The number of rotatable bonds is 11. The monoisotopic (exact) mass is 613 g/mol. The van der Waals surface area contributed by atoms with E-state index in [1.807, 2.05) is 91.2 Å². The van der Waals surface area contributed by atoms with Crippen molar-refractivity contribution in [1.29, 1.82) is 0 Å². The molecule has 10 heteroatoms. The van der Waals surface area contributed by atoms with Gasteiger partial charge in [-0.25, -0.2) is 4.98 Å². The number of anilines is 2. The molecule has 0 saturated carbocycles. The Morgan fingerprint density at radius 1 is 0.953 bits per heavy atom. The lowest BCUT2D eigenvalue weighted by molar-refractivity contribution is -0.146. The highest BCUT2D eigenvalue weighted by atomic mass is 32.2. The van der Waals surface area contributed by atoms with Gasteiger partial charge in [0.1, 0.15) is 11.0 Å². The van der Waals surface area contributed by atoms with Crippen LogP contribution in [-0.4, -0.2) is 34.5 Å². The lowest BCUT2D eigenvalue weighted by Gasteiger charge is -2.24. The van der Waals surface area contributed by atoms with Crippen LogP contribution >= 0.6 is 23.1 Å². The summed E-state index contributed by atoms with van der Waals surface area (Å²) in [6.45, 7) is 2.54. The van der Waals surface area contributed by atoms with E-state index in [1.165, 1.54) is 23.1 Å². The molecule has 43 heavy (non-hydrogen) atoms. The van der Waals surface area contributed by atoms with E-state index in [1.54, 1.807) is 12.1 Å². The van der Waals surface area contributed by atoms with E-state index in [2.05, 4.69) is 15.6 Å². The van der Waals surface area contributed by atoms with Crippen molar-refractivity contribution in [3.8, 4) is 17.0 Å². The van der Waals surface area contributed by atoms with Gasteiger partial charge in [-0.05, 0) is 73.9 Å². The molecule has 0 fully saturated rings. The second kappa shape index (κ2) is 14.2. The zero-order chi connectivity index (χ0) is 30.2. The summed E-state index contributed by atoms with van der Waals surface area (Å²) < 4.78 is 5.51. The number of carbonyl (C=O) groups excluding carboxylic acids is 2. The van der Waals surface area contributed by atoms with Gasteiger partial charge in [0.15, 0.2) is 5.13 Å². The second-order valence-corrected chi connectivity index (χ2v) is 11.9. The third-order valence-corrected chi connectivity index (χ3v) is 9.02. The summed E-state index contributed by atoms with van der Waals surface area (Å²) in [6.07, 6.45) is 4.40. The molecule has 1 aromatic heterocycles. The predicted molar refractivity (Wildman–Crippen MR) is 170 cm³/mol. The third-order valence-electron chi connectivity index (χ3n) is 7.00. The maximum atomic E-state index is 13.6. The number of carbonyl (C=O) groups is 3. The average molecular weight is 614 g/mol. The van der Waals surface area contributed by atoms with E-state index >= 15 is 0 Å². The van der Waals surface area contributed by atoms with E-state index in [0.717, 1.165) is 27.5 Å². The Bertz CT molecular complexity index is 1590. The fourth-order valence-electron chi connectivity index (χ4n) is 4.79. The van der Waals surface area contributed by atoms with Crippen molar-refractivity contribution < 1.29 is 24.2 Å². The molecule has 1 aliphatic carbocycles. The molecule has 220 valence electrons. The summed E-state index contributed by atoms with van der Waals surface area (Å²) >= 11 is 2.75. The molecule has 0 bridgehead atoms. The molecule has 3 atom stereocenters. The first kappa shape index (κ1) is 30.1. The Morgan fingerprint density at radius 2 is 1.65 bits per heavy atom. The topological polar surface area (TPSA) is 118 Å². The molecule has 0 spiro atoms. The largest absolute Gasteiger partial charge is 0.494 e. The number of hydrogen-bond acceptors (Lipinski definition) is 7. The van der Waals surface area contributed by atoms with Crippen molar-refractivity contribution in [1.82, 2.24) is 4.98 Å². The molecule has 0 aliphatic heterocycles. The fourth-order valence-corrected chi connectivity index (χ4v) is 6.54. The number of hydrogen-bond donors (Lipinski definition) is 3. The number of carboxylic acid groups (broad SMARTS) is 1. The first-order chi connectivity index (χ1) is 20.9. The van der Waals surface area contributed by atoms with E-state index in [0.29, 0.717) is 30.3 Å². The summed E-state index contributed by atoms with van der Waals surface area (Å²) in [5.74, 6) is -2.05. The minimum Gasteiger partial charge on any atom is -0.494 e. The van der Waals surface area contributed by atoms with Crippen LogP contribution in [0, 0.1) is 11.8 Å². The molecule has 8 nitrogen and oxygen atoms in total. The molecule has 1 aliphatic rings. The van der Waals surface area contributed by atoms with Crippen molar-refractivity contribution in [3.05, 3.63) is 102 Å². The molecule has 3 aromatic carbocycles. The predicted octanol–water partition coefficient (Wildman–Crippen LogP) is 7.29. The minimum absolute atomic E-state index is 0.203. The van der Waals surface area contributed by atoms with Crippen LogP contribution in [0.2, 0.25) is 0 Å². The van der Waals surface area contributed by atoms with Crippen LogP contribution in [0.3, 0.4) is 0 Å². The Labute approximate surface area is 258 Å². The molecule has 1 heterocycles. The molecule has 2 amide bonds. The second-order valence-electron chi connectivity index (χ2n) is 9.90. The molecular weight excluding hydrogens is 583 g/mol. The number of benzene rings is 3. The number of thiazole rings is 1.